The molecule has 1 saturated carbocycles. The number of carbonyl (C=O) groups is 2. The molecule has 2 fully saturated rings. The van der Waals surface area contributed by atoms with Gasteiger partial charge in [-0.1, -0.05) is 30.3 Å². The summed E-state index contributed by atoms with van der Waals surface area (Å²) in [6, 6.07) is 17.7. The average molecular weight is 431 g/mol. The van der Waals surface area contributed by atoms with Crippen molar-refractivity contribution in [2.75, 3.05) is 37.7 Å². The molecule has 0 spiro atoms. The number of amides is 2. The van der Waals surface area contributed by atoms with Gasteiger partial charge in [0, 0.05) is 38.4 Å². The van der Waals surface area contributed by atoms with Gasteiger partial charge in [0.15, 0.2) is 6.61 Å². The van der Waals surface area contributed by atoms with E-state index < -0.39 is 0 Å². The highest BCUT2D eigenvalue weighted by molar-refractivity contribution is 6.02. The number of carbonyl (C=O) groups excluding carboxylic acids is 2. The minimum absolute atomic E-state index is 0.0750. The lowest BCUT2D eigenvalue weighted by atomic mass is 10.0. The molecule has 3 aromatic rings. The molecule has 32 heavy (non-hydrogen) atoms. The third-order valence-corrected chi connectivity index (χ3v) is 5.92. The maximum absolute atomic E-state index is 13.5. The van der Waals surface area contributed by atoms with Crippen LogP contribution in [0.25, 0.3) is 10.8 Å². The van der Waals surface area contributed by atoms with Gasteiger partial charge < -0.3 is 19.9 Å². The van der Waals surface area contributed by atoms with Crippen LogP contribution in [0.2, 0.25) is 0 Å². The summed E-state index contributed by atoms with van der Waals surface area (Å²) in [7, 11) is 0. The maximum atomic E-state index is 13.5. The summed E-state index contributed by atoms with van der Waals surface area (Å²) in [5.74, 6) is 1.15. The number of hydrogen-bond donors (Lipinski definition) is 1. The fourth-order valence-electron chi connectivity index (χ4n) is 4.00. The lowest BCUT2D eigenvalue weighted by molar-refractivity contribution is -0.123. The Balaban J connectivity index is 1.33. The molecular weight excluding hydrogens is 404 g/mol. The summed E-state index contributed by atoms with van der Waals surface area (Å²) in [4.78, 5) is 34.0. The summed E-state index contributed by atoms with van der Waals surface area (Å²) in [5, 5.41) is 4.87. The number of ether oxygens (including phenoxy) is 1. The second-order valence-corrected chi connectivity index (χ2v) is 8.29. The Morgan fingerprint density at radius 2 is 1.69 bits per heavy atom. The second kappa shape index (κ2) is 8.86. The summed E-state index contributed by atoms with van der Waals surface area (Å²) >= 11 is 0. The number of anilines is 1. The monoisotopic (exact) mass is 430 g/mol. The van der Waals surface area contributed by atoms with Crippen LogP contribution in [0.4, 0.5) is 5.82 Å². The summed E-state index contributed by atoms with van der Waals surface area (Å²) in [6.07, 6.45) is 3.83. The molecule has 0 bridgehead atoms. The molecule has 7 nitrogen and oxygen atoms in total. The van der Waals surface area contributed by atoms with E-state index in [1.807, 2.05) is 59.5 Å². The average Bonchev–Trinajstić information content (AvgIpc) is 3.66. The number of fused-ring (bicyclic) bond motifs is 1. The van der Waals surface area contributed by atoms with Gasteiger partial charge in [0.25, 0.3) is 11.8 Å². The molecule has 2 amide bonds. The van der Waals surface area contributed by atoms with Gasteiger partial charge in [-0.15, -0.1) is 0 Å². The molecule has 164 valence electrons. The molecule has 1 saturated heterocycles. The first-order valence-electron chi connectivity index (χ1n) is 11.1. The molecule has 1 aliphatic carbocycles. The molecule has 2 aliphatic rings. The first-order valence-corrected chi connectivity index (χ1v) is 11.1. The Kier molecular flexibility index (Phi) is 5.62. The molecule has 7 heteroatoms. The highest BCUT2D eigenvalue weighted by Gasteiger charge is 2.26. The summed E-state index contributed by atoms with van der Waals surface area (Å²) in [5.41, 5.74) is 0.495. The Morgan fingerprint density at radius 1 is 0.969 bits per heavy atom. The molecule has 1 aliphatic heterocycles. The lowest BCUT2D eigenvalue weighted by Gasteiger charge is -2.35. The van der Waals surface area contributed by atoms with E-state index in [0.29, 0.717) is 24.4 Å². The second-order valence-electron chi connectivity index (χ2n) is 8.29. The van der Waals surface area contributed by atoms with Gasteiger partial charge in [-0.25, -0.2) is 4.98 Å². The highest BCUT2D eigenvalue weighted by atomic mass is 16.5. The van der Waals surface area contributed by atoms with E-state index in [1.54, 1.807) is 6.20 Å². The SMILES string of the molecule is O=C(COc1cc2ccccc2cc1C(=O)N1CCN(c2ccccn2)CC1)NC1CC1. The Bertz CT molecular complexity index is 1120. The number of aromatic nitrogens is 1. The molecule has 5 rings (SSSR count). The van der Waals surface area contributed by atoms with Gasteiger partial charge in [-0.05, 0) is 47.9 Å². The molecule has 0 atom stereocenters. The van der Waals surface area contributed by atoms with Crippen molar-refractivity contribution >= 4 is 28.4 Å². The molecule has 2 aromatic carbocycles. The fourth-order valence-corrected chi connectivity index (χ4v) is 4.00. The van der Waals surface area contributed by atoms with Crippen LogP contribution >= 0.6 is 0 Å². The van der Waals surface area contributed by atoms with Crippen molar-refractivity contribution in [2.24, 2.45) is 0 Å². The van der Waals surface area contributed by atoms with Crippen molar-refractivity contribution in [1.82, 2.24) is 15.2 Å². The fraction of sp³-hybridized carbons (Fsp3) is 0.320. The minimum atomic E-state index is -0.150. The molecule has 0 unspecified atom stereocenters. The lowest BCUT2D eigenvalue weighted by Crippen LogP contribution is -2.49. The number of nitrogens with one attached hydrogen (secondary N) is 1. The van der Waals surface area contributed by atoms with Crippen molar-refractivity contribution in [3.63, 3.8) is 0 Å². The number of benzene rings is 2. The van der Waals surface area contributed by atoms with E-state index in [9.17, 15) is 9.59 Å². The van der Waals surface area contributed by atoms with Gasteiger partial charge in [0.05, 0.1) is 5.56 Å². The third kappa shape index (κ3) is 4.51. The van der Waals surface area contributed by atoms with Crippen LogP contribution in [0.1, 0.15) is 23.2 Å². The van der Waals surface area contributed by atoms with Crippen LogP contribution in [0.5, 0.6) is 5.75 Å². The molecular formula is C25H26N4O3. The Hall–Kier alpha value is -3.61. The van der Waals surface area contributed by atoms with Crippen LogP contribution in [-0.4, -0.2) is 60.5 Å². The summed E-state index contributed by atoms with van der Waals surface area (Å²) in [6.45, 7) is 2.54. The van der Waals surface area contributed by atoms with Gasteiger partial charge >= 0.3 is 0 Å². The standard InChI is InChI=1S/C25H26N4O3/c30-24(27-20-8-9-20)17-32-22-16-19-6-2-1-5-18(19)15-21(22)25(31)29-13-11-28(12-14-29)23-7-3-4-10-26-23/h1-7,10,15-16,20H,8-9,11-14,17H2,(H,27,30). The quantitative estimate of drug-likeness (QED) is 0.651. The van der Waals surface area contributed by atoms with Crippen LogP contribution in [0.15, 0.2) is 60.8 Å². The van der Waals surface area contributed by atoms with Gasteiger partial charge in [0.2, 0.25) is 0 Å². The van der Waals surface area contributed by atoms with Crippen molar-refractivity contribution in [3.8, 4) is 5.75 Å². The van der Waals surface area contributed by atoms with Crippen LogP contribution < -0.4 is 15.0 Å². The molecule has 2 heterocycles. The largest absolute Gasteiger partial charge is 0.483 e. The van der Waals surface area contributed by atoms with Crippen molar-refractivity contribution in [3.05, 3.63) is 66.4 Å². The minimum Gasteiger partial charge on any atom is -0.483 e. The number of piperazine rings is 1. The number of pyridine rings is 1. The van der Waals surface area contributed by atoms with Crippen molar-refractivity contribution < 1.29 is 14.3 Å². The van der Waals surface area contributed by atoms with Crippen LogP contribution in [0.3, 0.4) is 0 Å². The van der Waals surface area contributed by atoms with Crippen LogP contribution in [0, 0.1) is 0 Å². The van der Waals surface area contributed by atoms with Gasteiger partial charge in [0.1, 0.15) is 11.6 Å². The van der Waals surface area contributed by atoms with Gasteiger partial charge in [-0.3, -0.25) is 9.59 Å². The zero-order chi connectivity index (χ0) is 21.9. The van der Waals surface area contributed by atoms with E-state index in [2.05, 4.69) is 15.2 Å². The molecule has 1 aromatic heterocycles. The number of hydrogen-bond acceptors (Lipinski definition) is 5. The molecule has 1 N–H and O–H groups in total. The normalized spacial score (nSPS) is 16.1. The Labute approximate surface area is 187 Å². The maximum Gasteiger partial charge on any atom is 0.258 e. The third-order valence-electron chi connectivity index (χ3n) is 5.92. The number of nitrogens with zero attached hydrogens (tertiary/aromatic N) is 3. The van der Waals surface area contributed by atoms with Crippen molar-refractivity contribution in [2.45, 2.75) is 18.9 Å². The zero-order valence-electron chi connectivity index (χ0n) is 17.9. The predicted octanol–water partition coefficient (Wildman–Crippen LogP) is 2.85. The first kappa shape index (κ1) is 20.3. The van der Waals surface area contributed by atoms with Crippen molar-refractivity contribution in [1.29, 1.82) is 0 Å². The predicted molar refractivity (Wildman–Crippen MR) is 123 cm³/mol. The first-order chi connectivity index (χ1) is 15.7. The van der Waals surface area contributed by atoms with E-state index in [4.69, 9.17) is 4.74 Å². The molecule has 0 radical (unpaired) electrons. The van der Waals surface area contributed by atoms with E-state index >= 15 is 0 Å². The zero-order valence-corrected chi connectivity index (χ0v) is 17.9. The number of rotatable bonds is 6. The topological polar surface area (TPSA) is 74.8 Å². The van der Waals surface area contributed by atoms with E-state index in [-0.39, 0.29) is 24.5 Å². The van der Waals surface area contributed by atoms with E-state index in [0.717, 1.165) is 42.5 Å². The van der Waals surface area contributed by atoms with Crippen LogP contribution in [-0.2, 0) is 4.79 Å². The smallest absolute Gasteiger partial charge is 0.258 e. The summed E-state index contributed by atoms with van der Waals surface area (Å²) < 4.78 is 5.86. The van der Waals surface area contributed by atoms with Gasteiger partial charge in [-0.2, -0.15) is 0 Å². The Morgan fingerprint density at radius 3 is 2.38 bits per heavy atom. The highest BCUT2D eigenvalue weighted by Crippen LogP contribution is 2.28. The van der Waals surface area contributed by atoms with E-state index in [1.165, 1.54) is 0 Å².